The van der Waals surface area contributed by atoms with Gasteiger partial charge in [0.2, 0.25) is 10.0 Å². The zero-order valence-electron chi connectivity index (χ0n) is 16.9. The first-order valence-electron chi connectivity index (χ1n) is 9.75. The Balaban J connectivity index is 1.51. The molecule has 6 nitrogen and oxygen atoms in total. The summed E-state index contributed by atoms with van der Waals surface area (Å²) in [5.74, 6) is 0.381. The Bertz CT molecular complexity index is 1180. The van der Waals surface area contributed by atoms with Crippen LogP contribution in [0.3, 0.4) is 0 Å². The van der Waals surface area contributed by atoms with E-state index in [0.717, 1.165) is 11.1 Å². The molecule has 8 heteroatoms. The Labute approximate surface area is 176 Å². The first-order valence-corrected chi connectivity index (χ1v) is 11.2. The summed E-state index contributed by atoms with van der Waals surface area (Å²) in [5.41, 5.74) is 2.97. The molecule has 2 aromatic carbocycles. The summed E-state index contributed by atoms with van der Waals surface area (Å²) in [6, 6.07) is 13.6. The molecule has 0 amide bonds. The van der Waals surface area contributed by atoms with Gasteiger partial charge in [-0.1, -0.05) is 24.3 Å². The number of halogens is 1. The van der Waals surface area contributed by atoms with Crippen LogP contribution in [-0.2, 0) is 10.0 Å². The lowest BCUT2D eigenvalue weighted by Gasteiger charge is -2.35. The normalized spacial score (nSPS) is 15.4. The number of hydrogen-bond donors (Lipinski definition) is 0. The second kappa shape index (κ2) is 8.12. The second-order valence-corrected chi connectivity index (χ2v) is 9.34. The van der Waals surface area contributed by atoms with E-state index in [1.54, 1.807) is 18.2 Å². The third kappa shape index (κ3) is 4.06. The molecule has 0 aliphatic carbocycles. The van der Waals surface area contributed by atoms with Gasteiger partial charge in [0, 0.05) is 37.8 Å². The molecule has 0 N–H and O–H groups in total. The minimum absolute atomic E-state index is 0.321. The van der Waals surface area contributed by atoms with Crippen LogP contribution >= 0.6 is 0 Å². The lowest BCUT2D eigenvalue weighted by molar-refractivity contribution is 0.383. The lowest BCUT2D eigenvalue weighted by Crippen LogP contribution is -2.49. The van der Waals surface area contributed by atoms with E-state index < -0.39 is 10.0 Å². The van der Waals surface area contributed by atoms with Gasteiger partial charge in [-0.2, -0.15) is 4.31 Å². The van der Waals surface area contributed by atoms with Crippen molar-refractivity contribution in [3.63, 3.8) is 0 Å². The zero-order chi connectivity index (χ0) is 21.3. The Morgan fingerprint density at radius 1 is 0.933 bits per heavy atom. The summed E-state index contributed by atoms with van der Waals surface area (Å²) in [6.45, 7) is 5.48. The SMILES string of the molecule is Cc1ccc(C)c(S(=O)(=O)N2CCN(c3cc(-c4cccc(F)c4)ncn3)CC2)c1. The molecular weight excluding hydrogens is 403 g/mol. The molecule has 0 bridgehead atoms. The lowest BCUT2D eigenvalue weighted by atomic mass is 10.1. The van der Waals surface area contributed by atoms with Gasteiger partial charge in [-0.05, 0) is 43.2 Å². The van der Waals surface area contributed by atoms with E-state index >= 15 is 0 Å². The van der Waals surface area contributed by atoms with Gasteiger partial charge in [0.05, 0.1) is 10.6 Å². The van der Waals surface area contributed by atoms with Crippen LogP contribution in [-0.4, -0.2) is 48.9 Å². The summed E-state index contributed by atoms with van der Waals surface area (Å²) >= 11 is 0. The summed E-state index contributed by atoms with van der Waals surface area (Å²) < 4.78 is 41.3. The van der Waals surface area contributed by atoms with Crippen LogP contribution < -0.4 is 4.90 Å². The molecule has 30 heavy (non-hydrogen) atoms. The van der Waals surface area contributed by atoms with Gasteiger partial charge in [0.25, 0.3) is 0 Å². The van der Waals surface area contributed by atoms with Gasteiger partial charge >= 0.3 is 0 Å². The van der Waals surface area contributed by atoms with E-state index in [1.807, 2.05) is 36.9 Å². The van der Waals surface area contributed by atoms with Crippen molar-refractivity contribution in [1.82, 2.24) is 14.3 Å². The maximum Gasteiger partial charge on any atom is 0.243 e. The summed E-state index contributed by atoms with van der Waals surface area (Å²) in [7, 11) is -3.54. The highest BCUT2D eigenvalue weighted by Gasteiger charge is 2.30. The minimum atomic E-state index is -3.54. The van der Waals surface area contributed by atoms with Crippen molar-refractivity contribution in [3.8, 4) is 11.3 Å². The van der Waals surface area contributed by atoms with Gasteiger partial charge in [-0.25, -0.2) is 22.8 Å². The fourth-order valence-corrected chi connectivity index (χ4v) is 5.34. The van der Waals surface area contributed by atoms with Gasteiger partial charge in [-0.3, -0.25) is 0 Å². The average molecular weight is 427 g/mol. The molecule has 0 spiro atoms. The van der Waals surface area contributed by atoms with Crippen molar-refractivity contribution in [2.75, 3.05) is 31.1 Å². The third-order valence-electron chi connectivity index (χ3n) is 5.30. The van der Waals surface area contributed by atoms with Crippen LogP contribution in [0.15, 0.2) is 59.8 Å². The number of piperazine rings is 1. The van der Waals surface area contributed by atoms with Crippen molar-refractivity contribution in [2.24, 2.45) is 0 Å². The Morgan fingerprint density at radius 3 is 2.43 bits per heavy atom. The number of aryl methyl sites for hydroxylation is 2. The van der Waals surface area contributed by atoms with Crippen molar-refractivity contribution < 1.29 is 12.8 Å². The predicted octanol–water partition coefficient (Wildman–Crippen LogP) is 3.41. The summed E-state index contributed by atoms with van der Waals surface area (Å²) in [4.78, 5) is 11.0. The van der Waals surface area contributed by atoms with Crippen molar-refractivity contribution >= 4 is 15.8 Å². The third-order valence-corrected chi connectivity index (χ3v) is 7.34. The smallest absolute Gasteiger partial charge is 0.243 e. The summed E-state index contributed by atoms with van der Waals surface area (Å²) in [5, 5.41) is 0. The predicted molar refractivity (Wildman–Crippen MR) is 114 cm³/mol. The number of hydrogen-bond acceptors (Lipinski definition) is 5. The molecule has 3 aromatic rings. The van der Waals surface area contributed by atoms with Crippen molar-refractivity contribution in [3.05, 3.63) is 71.8 Å². The van der Waals surface area contributed by atoms with E-state index in [4.69, 9.17) is 0 Å². The van der Waals surface area contributed by atoms with Crippen LogP contribution in [0.2, 0.25) is 0 Å². The number of nitrogens with zero attached hydrogens (tertiary/aromatic N) is 4. The Morgan fingerprint density at radius 2 is 1.70 bits per heavy atom. The number of sulfonamides is 1. The standard InChI is InChI=1S/C22H23FN4O2S/c1-16-6-7-17(2)21(12-16)30(28,29)27-10-8-26(9-11-27)22-14-20(24-15-25-22)18-4-3-5-19(23)13-18/h3-7,12-15H,8-11H2,1-2H3. The molecule has 1 fully saturated rings. The second-order valence-electron chi connectivity index (χ2n) is 7.43. The maximum absolute atomic E-state index is 13.5. The van der Waals surface area contributed by atoms with Gasteiger partial charge in [-0.15, -0.1) is 0 Å². The minimum Gasteiger partial charge on any atom is -0.354 e. The van der Waals surface area contributed by atoms with Crippen LogP contribution in [0.1, 0.15) is 11.1 Å². The number of anilines is 1. The molecular formula is C22H23FN4O2S. The molecule has 2 heterocycles. The molecule has 1 aromatic heterocycles. The van der Waals surface area contributed by atoms with E-state index in [0.29, 0.717) is 48.1 Å². The first-order chi connectivity index (χ1) is 14.3. The van der Waals surface area contributed by atoms with E-state index in [2.05, 4.69) is 9.97 Å². The molecule has 0 atom stereocenters. The molecule has 0 unspecified atom stereocenters. The topological polar surface area (TPSA) is 66.4 Å². The van der Waals surface area contributed by atoms with Crippen LogP contribution in [0.25, 0.3) is 11.3 Å². The van der Waals surface area contributed by atoms with Crippen molar-refractivity contribution in [1.29, 1.82) is 0 Å². The highest BCUT2D eigenvalue weighted by atomic mass is 32.2. The monoisotopic (exact) mass is 426 g/mol. The highest BCUT2D eigenvalue weighted by Crippen LogP contribution is 2.25. The number of rotatable bonds is 4. The largest absolute Gasteiger partial charge is 0.354 e. The molecule has 4 rings (SSSR count). The molecule has 1 aliphatic rings. The zero-order valence-corrected chi connectivity index (χ0v) is 17.7. The Kier molecular flexibility index (Phi) is 5.53. The maximum atomic E-state index is 13.5. The van der Waals surface area contributed by atoms with E-state index in [9.17, 15) is 12.8 Å². The van der Waals surface area contributed by atoms with Crippen LogP contribution in [0.4, 0.5) is 10.2 Å². The van der Waals surface area contributed by atoms with Crippen LogP contribution in [0.5, 0.6) is 0 Å². The molecule has 1 saturated heterocycles. The van der Waals surface area contributed by atoms with Crippen LogP contribution in [0, 0.1) is 19.7 Å². The molecule has 156 valence electrons. The number of aromatic nitrogens is 2. The fourth-order valence-electron chi connectivity index (χ4n) is 3.61. The van der Waals surface area contributed by atoms with E-state index in [-0.39, 0.29) is 5.82 Å². The number of benzene rings is 2. The van der Waals surface area contributed by atoms with Gasteiger partial charge in [0.1, 0.15) is 18.0 Å². The van der Waals surface area contributed by atoms with E-state index in [1.165, 1.54) is 22.8 Å². The van der Waals surface area contributed by atoms with Gasteiger partial charge < -0.3 is 4.90 Å². The fraction of sp³-hybridized carbons (Fsp3) is 0.273. The molecule has 0 saturated carbocycles. The van der Waals surface area contributed by atoms with Crippen molar-refractivity contribution in [2.45, 2.75) is 18.7 Å². The summed E-state index contributed by atoms with van der Waals surface area (Å²) in [6.07, 6.45) is 1.45. The molecule has 1 aliphatic heterocycles. The first kappa shape index (κ1) is 20.4. The average Bonchev–Trinajstić information content (AvgIpc) is 2.75. The quantitative estimate of drug-likeness (QED) is 0.640. The Hall–Kier alpha value is -2.84. The molecule has 0 radical (unpaired) electrons. The van der Waals surface area contributed by atoms with Gasteiger partial charge in [0.15, 0.2) is 0 Å². The highest BCUT2D eigenvalue weighted by molar-refractivity contribution is 7.89.